The van der Waals surface area contributed by atoms with Gasteiger partial charge in [0.2, 0.25) is 0 Å². The summed E-state index contributed by atoms with van der Waals surface area (Å²) in [7, 11) is 0. The lowest BCUT2D eigenvalue weighted by molar-refractivity contribution is -0.127. The van der Waals surface area contributed by atoms with Gasteiger partial charge in [0.25, 0.3) is 0 Å². The first kappa shape index (κ1) is 8.43. The fourth-order valence-corrected chi connectivity index (χ4v) is 1.20. The molecule has 0 spiro atoms. The van der Waals surface area contributed by atoms with Crippen molar-refractivity contribution in [2.45, 2.75) is 25.0 Å². The zero-order valence-electron chi connectivity index (χ0n) is 6.45. The lowest BCUT2D eigenvalue weighted by Crippen LogP contribution is -2.36. The highest BCUT2D eigenvalue weighted by Crippen LogP contribution is 2.13. The maximum absolute atomic E-state index is 11.2. The number of hydrogen-bond donors (Lipinski definition) is 1. The van der Waals surface area contributed by atoms with Crippen molar-refractivity contribution in [3.8, 4) is 0 Å². The molecule has 1 rings (SSSR count). The van der Waals surface area contributed by atoms with Crippen molar-refractivity contribution in [1.82, 2.24) is 0 Å². The standard InChI is InChI=1S/C8H13NO2/c1-2-3-7(10)8-6(9)4-5-11-8/h2,6,8H,1,3-5,9H2/t6-,8+/m1/s1. The van der Waals surface area contributed by atoms with E-state index in [1.807, 2.05) is 0 Å². The summed E-state index contributed by atoms with van der Waals surface area (Å²) < 4.78 is 5.16. The zero-order chi connectivity index (χ0) is 8.27. The predicted octanol–water partition coefficient (Wildman–Crippen LogP) is 0.248. The van der Waals surface area contributed by atoms with Crippen LogP contribution in [-0.2, 0) is 9.53 Å². The number of carbonyl (C=O) groups excluding carboxylic acids is 1. The predicted molar refractivity (Wildman–Crippen MR) is 42.2 cm³/mol. The van der Waals surface area contributed by atoms with E-state index in [2.05, 4.69) is 6.58 Å². The highest BCUT2D eigenvalue weighted by atomic mass is 16.5. The molecule has 0 aliphatic carbocycles. The second kappa shape index (κ2) is 3.64. The minimum Gasteiger partial charge on any atom is -0.369 e. The van der Waals surface area contributed by atoms with Crippen LogP contribution in [0.15, 0.2) is 12.7 Å². The summed E-state index contributed by atoms with van der Waals surface area (Å²) in [5.41, 5.74) is 5.63. The van der Waals surface area contributed by atoms with E-state index in [-0.39, 0.29) is 17.9 Å². The Bertz CT molecular complexity index is 167. The van der Waals surface area contributed by atoms with Crippen molar-refractivity contribution in [2.75, 3.05) is 6.61 Å². The molecule has 0 bridgehead atoms. The van der Waals surface area contributed by atoms with Gasteiger partial charge in [-0.2, -0.15) is 0 Å². The second-order valence-electron chi connectivity index (χ2n) is 2.70. The summed E-state index contributed by atoms with van der Waals surface area (Å²) in [6.45, 7) is 4.09. The van der Waals surface area contributed by atoms with Gasteiger partial charge in [0, 0.05) is 19.1 Å². The molecule has 0 aromatic carbocycles. The highest BCUT2D eigenvalue weighted by molar-refractivity contribution is 5.85. The Morgan fingerprint density at radius 3 is 3.00 bits per heavy atom. The number of Topliss-reactive ketones (excluding diaryl/α,β-unsaturated/α-hetero) is 1. The van der Waals surface area contributed by atoms with E-state index in [9.17, 15) is 4.79 Å². The van der Waals surface area contributed by atoms with Gasteiger partial charge < -0.3 is 10.5 Å². The van der Waals surface area contributed by atoms with Crippen LogP contribution in [-0.4, -0.2) is 24.5 Å². The summed E-state index contributed by atoms with van der Waals surface area (Å²) >= 11 is 0. The van der Waals surface area contributed by atoms with Gasteiger partial charge in [-0.3, -0.25) is 4.79 Å². The van der Waals surface area contributed by atoms with Crippen LogP contribution >= 0.6 is 0 Å². The van der Waals surface area contributed by atoms with Crippen molar-refractivity contribution in [2.24, 2.45) is 5.73 Å². The molecule has 0 aromatic rings. The molecule has 1 aliphatic heterocycles. The Balaban J connectivity index is 2.45. The molecule has 1 heterocycles. The van der Waals surface area contributed by atoms with Gasteiger partial charge in [-0.05, 0) is 6.42 Å². The van der Waals surface area contributed by atoms with Crippen molar-refractivity contribution in [1.29, 1.82) is 0 Å². The van der Waals surface area contributed by atoms with Crippen LogP contribution < -0.4 is 5.73 Å². The number of ketones is 1. The highest BCUT2D eigenvalue weighted by Gasteiger charge is 2.29. The molecule has 3 nitrogen and oxygen atoms in total. The van der Waals surface area contributed by atoms with Gasteiger partial charge >= 0.3 is 0 Å². The molecule has 0 amide bonds. The molecule has 0 unspecified atom stereocenters. The van der Waals surface area contributed by atoms with Gasteiger partial charge in [-0.1, -0.05) is 6.08 Å². The van der Waals surface area contributed by atoms with Crippen LogP contribution in [0.25, 0.3) is 0 Å². The number of rotatable bonds is 3. The number of ether oxygens (including phenoxy) is 1. The first-order chi connectivity index (χ1) is 5.25. The Labute approximate surface area is 66.2 Å². The quantitative estimate of drug-likeness (QED) is 0.594. The molecule has 1 fully saturated rings. The molecule has 0 aromatic heterocycles. The third-order valence-electron chi connectivity index (χ3n) is 1.80. The summed E-state index contributed by atoms with van der Waals surface area (Å²) in [6, 6.07) is -0.109. The number of carbonyl (C=O) groups is 1. The Kier molecular flexibility index (Phi) is 2.79. The number of allylic oxidation sites excluding steroid dienone is 1. The maximum Gasteiger partial charge on any atom is 0.166 e. The van der Waals surface area contributed by atoms with Gasteiger partial charge in [0.1, 0.15) is 6.10 Å². The van der Waals surface area contributed by atoms with Crippen LogP contribution in [0, 0.1) is 0 Å². The lowest BCUT2D eigenvalue weighted by Gasteiger charge is -2.11. The first-order valence-corrected chi connectivity index (χ1v) is 3.76. The molecule has 2 atom stereocenters. The zero-order valence-corrected chi connectivity index (χ0v) is 6.45. The van der Waals surface area contributed by atoms with E-state index in [4.69, 9.17) is 10.5 Å². The third-order valence-corrected chi connectivity index (χ3v) is 1.80. The second-order valence-corrected chi connectivity index (χ2v) is 2.70. The van der Waals surface area contributed by atoms with E-state index < -0.39 is 0 Å². The van der Waals surface area contributed by atoms with Crippen molar-refractivity contribution in [3.63, 3.8) is 0 Å². The van der Waals surface area contributed by atoms with E-state index >= 15 is 0 Å². The molecule has 2 N–H and O–H groups in total. The summed E-state index contributed by atoms with van der Waals surface area (Å²) in [5.74, 6) is 0.0463. The smallest absolute Gasteiger partial charge is 0.166 e. The molecular weight excluding hydrogens is 142 g/mol. The average Bonchev–Trinajstić information content (AvgIpc) is 2.36. The molecular formula is C8H13NO2. The molecule has 11 heavy (non-hydrogen) atoms. The fourth-order valence-electron chi connectivity index (χ4n) is 1.20. The molecule has 1 saturated heterocycles. The minimum atomic E-state index is -0.381. The number of nitrogens with two attached hydrogens (primary N) is 1. The summed E-state index contributed by atoms with van der Waals surface area (Å²) in [6.07, 6.45) is 2.34. The normalized spacial score (nSPS) is 30.3. The van der Waals surface area contributed by atoms with Crippen molar-refractivity contribution >= 4 is 5.78 Å². The SMILES string of the molecule is C=CCC(=O)[C@H]1OCC[C@H]1N. The van der Waals surface area contributed by atoms with Crippen LogP contribution in [0.4, 0.5) is 0 Å². The molecule has 3 heteroatoms. The topological polar surface area (TPSA) is 52.3 Å². The fraction of sp³-hybridized carbons (Fsp3) is 0.625. The third kappa shape index (κ3) is 1.88. The Morgan fingerprint density at radius 1 is 1.82 bits per heavy atom. The van der Waals surface area contributed by atoms with Crippen LogP contribution in [0.1, 0.15) is 12.8 Å². The van der Waals surface area contributed by atoms with E-state index in [1.165, 1.54) is 0 Å². The average molecular weight is 155 g/mol. The van der Waals surface area contributed by atoms with Crippen molar-refractivity contribution in [3.05, 3.63) is 12.7 Å². The Hall–Kier alpha value is -0.670. The molecule has 0 saturated carbocycles. The largest absolute Gasteiger partial charge is 0.369 e. The Morgan fingerprint density at radius 2 is 2.55 bits per heavy atom. The van der Waals surface area contributed by atoms with Crippen LogP contribution in [0.5, 0.6) is 0 Å². The van der Waals surface area contributed by atoms with Gasteiger partial charge in [0.05, 0.1) is 0 Å². The van der Waals surface area contributed by atoms with E-state index in [0.29, 0.717) is 13.0 Å². The lowest BCUT2D eigenvalue weighted by atomic mass is 10.1. The van der Waals surface area contributed by atoms with E-state index in [0.717, 1.165) is 6.42 Å². The molecule has 1 aliphatic rings. The van der Waals surface area contributed by atoms with Gasteiger partial charge in [-0.15, -0.1) is 6.58 Å². The number of hydrogen-bond acceptors (Lipinski definition) is 3. The van der Waals surface area contributed by atoms with E-state index in [1.54, 1.807) is 6.08 Å². The molecule has 62 valence electrons. The van der Waals surface area contributed by atoms with Crippen LogP contribution in [0.3, 0.4) is 0 Å². The first-order valence-electron chi connectivity index (χ1n) is 3.76. The van der Waals surface area contributed by atoms with Gasteiger partial charge in [0.15, 0.2) is 5.78 Å². The monoisotopic (exact) mass is 155 g/mol. The van der Waals surface area contributed by atoms with Gasteiger partial charge in [-0.25, -0.2) is 0 Å². The minimum absolute atomic E-state index is 0.0463. The molecule has 0 radical (unpaired) electrons. The van der Waals surface area contributed by atoms with Crippen molar-refractivity contribution < 1.29 is 9.53 Å². The maximum atomic E-state index is 11.2. The summed E-state index contributed by atoms with van der Waals surface area (Å²) in [4.78, 5) is 11.2. The van der Waals surface area contributed by atoms with Crippen LogP contribution in [0.2, 0.25) is 0 Å². The summed E-state index contributed by atoms with van der Waals surface area (Å²) in [5, 5.41) is 0.